The quantitative estimate of drug-likeness (QED) is 0.800. The third-order valence-corrected chi connectivity index (χ3v) is 3.43. The summed E-state index contributed by atoms with van der Waals surface area (Å²) in [5.41, 5.74) is 7.05. The molecule has 0 spiro atoms. The Morgan fingerprint density at radius 3 is 2.71 bits per heavy atom. The molecule has 1 unspecified atom stereocenters. The van der Waals surface area contributed by atoms with Gasteiger partial charge in [0.2, 0.25) is 0 Å². The highest BCUT2D eigenvalue weighted by atomic mass is 15.1. The topological polar surface area (TPSA) is 43.8 Å². The first-order valence-corrected chi connectivity index (χ1v) is 5.47. The van der Waals surface area contributed by atoms with Gasteiger partial charge >= 0.3 is 0 Å². The normalized spacial score (nSPS) is 21.6. The van der Waals surface area contributed by atoms with Crippen molar-refractivity contribution in [2.75, 3.05) is 0 Å². The minimum Gasteiger partial charge on any atom is -0.330 e. The average Bonchev–Trinajstić information content (AvgIpc) is 2.47. The number of hydrogen-bond donors (Lipinski definition) is 1. The zero-order chi connectivity index (χ0) is 10.1. The third kappa shape index (κ3) is 1.57. The fourth-order valence-corrected chi connectivity index (χ4v) is 2.16. The fraction of sp³-hybridized carbons (Fsp3) is 0.727. The summed E-state index contributed by atoms with van der Waals surface area (Å²) in [6.07, 6.45) is 7.91. The van der Waals surface area contributed by atoms with Gasteiger partial charge in [0.1, 0.15) is 0 Å². The van der Waals surface area contributed by atoms with Crippen LogP contribution in [0.4, 0.5) is 0 Å². The van der Waals surface area contributed by atoms with Gasteiger partial charge in [-0.2, -0.15) is 0 Å². The molecule has 2 atom stereocenters. The molecular formula is C11H19N3. The van der Waals surface area contributed by atoms with E-state index in [1.165, 1.54) is 19.3 Å². The van der Waals surface area contributed by atoms with Gasteiger partial charge in [0.25, 0.3) is 0 Å². The van der Waals surface area contributed by atoms with Crippen molar-refractivity contribution >= 4 is 0 Å². The number of aromatic nitrogens is 2. The van der Waals surface area contributed by atoms with Gasteiger partial charge in [0.05, 0.1) is 12.0 Å². The number of rotatable bonds is 3. The van der Waals surface area contributed by atoms with Crippen LogP contribution in [0.2, 0.25) is 0 Å². The largest absolute Gasteiger partial charge is 0.330 e. The summed E-state index contributed by atoms with van der Waals surface area (Å²) in [6.45, 7) is 4.29. The Hall–Kier alpha value is -0.830. The van der Waals surface area contributed by atoms with E-state index in [0.717, 1.165) is 11.6 Å². The van der Waals surface area contributed by atoms with Crippen molar-refractivity contribution in [3.8, 4) is 0 Å². The molecule has 0 aliphatic heterocycles. The second-order valence-electron chi connectivity index (χ2n) is 4.45. The van der Waals surface area contributed by atoms with E-state index in [1.807, 2.05) is 19.4 Å². The first-order chi connectivity index (χ1) is 6.70. The summed E-state index contributed by atoms with van der Waals surface area (Å²) in [4.78, 5) is 4.19. The van der Waals surface area contributed by atoms with Crippen LogP contribution >= 0.6 is 0 Å². The Morgan fingerprint density at radius 1 is 1.50 bits per heavy atom. The van der Waals surface area contributed by atoms with Crippen molar-refractivity contribution in [3.63, 3.8) is 0 Å². The highest BCUT2D eigenvalue weighted by molar-refractivity contribution is 5.05. The maximum Gasteiger partial charge on any atom is 0.0951 e. The van der Waals surface area contributed by atoms with Crippen molar-refractivity contribution in [1.29, 1.82) is 0 Å². The van der Waals surface area contributed by atoms with E-state index in [0.29, 0.717) is 6.04 Å². The van der Waals surface area contributed by atoms with Crippen molar-refractivity contribution in [2.45, 2.75) is 45.2 Å². The van der Waals surface area contributed by atoms with Crippen LogP contribution in [0.1, 0.15) is 50.9 Å². The van der Waals surface area contributed by atoms with E-state index >= 15 is 0 Å². The molecule has 3 nitrogen and oxygen atoms in total. The highest BCUT2D eigenvalue weighted by Crippen LogP contribution is 2.36. The molecule has 0 aromatic carbocycles. The lowest BCUT2D eigenvalue weighted by Gasteiger charge is -2.33. The molecule has 0 amide bonds. The van der Waals surface area contributed by atoms with Crippen molar-refractivity contribution in [3.05, 3.63) is 18.2 Å². The van der Waals surface area contributed by atoms with Crippen LogP contribution in [-0.2, 0) is 0 Å². The molecule has 0 bridgehead atoms. The lowest BCUT2D eigenvalue weighted by molar-refractivity contribution is 0.218. The molecule has 2 N–H and O–H groups in total. The lowest BCUT2D eigenvalue weighted by Crippen LogP contribution is -2.25. The molecular weight excluding hydrogens is 174 g/mol. The molecule has 3 heteroatoms. The standard InChI is InChI=1S/C11H19N3/c1-8(12)11-6-13-7-14(11)9(2)10-4-3-5-10/h6-10H,3-5,12H2,1-2H3/t8-,9?/m1/s1. The van der Waals surface area contributed by atoms with E-state index in [-0.39, 0.29) is 6.04 Å². The SMILES string of the molecule is CC(C1CCC1)n1cncc1[C@@H](C)N. The molecule has 1 aromatic heterocycles. The molecule has 2 rings (SSSR count). The second-order valence-corrected chi connectivity index (χ2v) is 4.45. The van der Waals surface area contributed by atoms with Gasteiger partial charge in [-0.1, -0.05) is 6.42 Å². The van der Waals surface area contributed by atoms with Crippen LogP contribution in [0.3, 0.4) is 0 Å². The van der Waals surface area contributed by atoms with E-state index in [9.17, 15) is 0 Å². The molecule has 1 heterocycles. The first-order valence-electron chi connectivity index (χ1n) is 5.47. The van der Waals surface area contributed by atoms with Gasteiger partial charge in [0.15, 0.2) is 0 Å². The Morgan fingerprint density at radius 2 is 2.21 bits per heavy atom. The molecule has 0 radical (unpaired) electrons. The highest BCUT2D eigenvalue weighted by Gasteiger charge is 2.26. The molecule has 1 aromatic rings. The number of nitrogens with two attached hydrogens (primary N) is 1. The van der Waals surface area contributed by atoms with Gasteiger partial charge in [-0.05, 0) is 32.6 Å². The summed E-state index contributed by atoms with van der Waals surface area (Å²) in [5.74, 6) is 0.835. The Bertz CT molecular complexity index is 299. The number of nitrogens with zero attached hydrogens (tertiary/aromatic N) is 2. The van der Waals surface area contributed by atoms with Gasteiger partial charge in [0, 0.05) is 18.3 Å². The van der Waals surface area contributed by atoms with E-state index in [1.54, 1.807) is 0 Å². The van der Waals surface area contributed by atoms with Crippen LogP contribution in [-0.4, -0.2) is 9.55 Å². The van der Waals surface area contributed by atoms with Crippen LogP contribution < -0.4 is 5.73 Å². The molecule has 1 saturated carbocycles. The molecule has 0 saturated heterocycles. The average molecular weight is 193 g/mol. The van der Waals surface area contributed by atoms with Crippen LogP contribution in [0.25, 0.3) is 0 Å². The molecule has 1 fully saturated rings. The van der Waals surface area contributed by atoms with Gasteiger partial charge in [-0.3, -0.25) is 0 Å². The summed E-state index contributed by atoms with van der Waals surface area (Å²) in [7, 11) is 0. The van der Waals surface area contributed by atoms with Gasteiger partial charge in [-0.25, -0.2) is 4.98 Å². The van der Waals surface area contributed by atoms with E-state index < -0.39 is 0 Å². The van der Waals surface area contributed by atoms with Gasteiger partial charge < -0.3 is 10.3 Å². The minimum atomic E-state index is 0.0834. The monoisotopic (exact) mass is 193 g/mol. The zero-order valence-corrected chi connectivity index (χ0v) is 8.98. The molecule has 14 heavy (non-hydrogen) atoms. The Labute approximate surface area is 85.3 Å². The van der Waals surface area contributed by atoms with Crippen molar-refractivity contribution in [1.82, 2.24) is 9.55 Å². The molecule has 1 aliphatic carbocycles. The lowest BCUT2D eigenvalue weighted by atomic mass is 9.80. The molecule has 1 aliphatic rings. The van der Waals surface area contributed by atoms with Crippen molar-refractivity contribution < 1.29 is 0 Å². The third-order valence-electron chi connectivity index (χ3n) is 3.43. The first kappa shape index (κ1) is 9.71. The Kier molecular flexibility index (Phi) is 2.59. The predicted octanol–water partition coefficient (Wildman–Crippen LogP) is 2.26. The second kappa shape index (κ2) is 3.73. The summed E-state index contributed by atoms with van der Waals surface area (Å²) in [6, 6.07) is 0.646. The summed E-state index contributed by atoms with van der Waals surface area (Å²) >= 11 is 0. The van der Waals surface area contributed by atoms with Gasteiger partial charge in [-0.15, -0.1) is 0 Å². The number of imidazole rings is 1. The van der Waals surface area contributed by atoms with Crippen LogP contribution in [0.5, 0.6) is 0 Å². The zero-order valence-electron chi connectivity index (χ0n) is 8.98. The van der Waals surface area contributed by atoms with E-state index in [4.69, 9.17) is 5.73 Å². The fourth-order valence-electron chi connectivity index (χ4n) is 2.16. The van der Waals surface area contributed by atoms with Crippen LogP contribution in [0, 0.1) is 5.92 Å². The summed E-state index contributed by atoms with van der Waals surface area (Å²) < 4.78 is 2.24. The van der Waals surface area contributed by atoms with Crippen LogP contribution in [0.15, 0.2) is 12.5 Å². The minimum absolute atomic E-state index is 0.0834. The smallest absolute Gasteiger partial charge is 0.0951 e. The van der Waals surface area contributed by atoms with Crippen molar-refractivity contribution in [2.24, 2.45) is 11.7 Å². The summed E-state index contributed by atoms with van der Waals surface area (Å²) in [5, 5.41) is 0. The predicted molar refractivity (Wildman–Crippen MR) is 56.9 cm³/mol. The number of hydrogen-bond acceptors (Lipinski definition) is 2. The maximum atomic E-state index is 5.90. The van der Waals surface area contributed by atoms with E-state index in [2.05, 4.69) is 16.5 Å². The Balaban J connectivity index is 2.17. The maximum absolute atomic E-state index is 5.90. The molecule has 78 valence electrons.